The molecular weight excluding hydrogens is 280 g/mol. The molecule has 0 saturated heterocycles. The van der Waals surface area contributed by atoms with E-state index >= 15 is 0 Å². The number of carboxylic acid groups (broad SMARTS) is 1. The topological polar surface area (TPSA) is 77.8 Å². The fourth-order valence-corrected chi connectivity index (χ4v) is 2.36. The van der Waals surface area contributed by atoms with Crippen molar-refractivity contribution in [2.24, 2.45) is 0 Å². The molecule has 0 heterocycles. The van der Waals surface area contributed by atoms with E-state index < -0.39 is 5.97 Å². The van der Waals surface area contributed by atoms with Crippen molar-refractivity contribution in [3.8, 4) is 5.75 Å². The number of aromatic carboxylic acids is 1. The zero-order valence-electron chi connectivity index (χ0n) is 12.3. The largest absolute Gasteiger partial charge is 0.507 e. The van der Waals surface area contributed by atoms with Crippen LogP contribution in [-0.2, 0) is 19.3 Å². The molecule has 4 nitrogen and oxygen atoms in total. The van der Waals surface area contributed by atoms with E-state index in [1.807, 2.05) is 0 Å². The zero-order valence-corrected chi connectivity index (χ0v) is 12.3. The van der Waals surface area contributed by atoms with Crippen LogP contribution in [0.4, 0.5) is 0 Å². The van der Waals surface area contributed by atoms with Crippen LogP contribution >= 0.6 is 0 Å². The molecule has 2 aromatic rings. The number of aromatic hydroxyl groups is 1. The van der Waals surface area contributed by atoms with Gasteiger partial charge in [0, 0.05) is 6.61 Å². The summed E-state index contributed by atoms with van der Waals surface area (Å²) in [5.74, 6) is -1.31. The Morgan fingerprint density at radius 1 is 0.864 bits per heavy atom. The van der Waals surface area contributed by atoms with Gasteiger partial charge in [-0.15, -0.1) is 0 Å². The van der Waals surface area contributed by atoms with E-state index in [0.29, 0.717) is 0 Å². The summed E-state index contributed by atoms with van der Waals surface area (Å²) in [6, 6.07) is 12.9. The van der Waals surface area contributed by atoms with E-state index in [1.54, 1.807) is 6.07 Å². The Balaban J connectivity index is 1.95. The Morgan fingerprint density at radius 2 is 1.41 bits per heavy atom. The average molecular weight is 300 g/mol. The summed E-state index contributed by atoms with van der Waals surface area (Å²) in [6.45, 7) is 0.206. The quantitative estimate of drug-likeness (QED) is 0.735. The molecule has 2 aromatic carbocycles. The molecule has 0 atom stereocenters. The molecule has 0 bridgehead atoms. The smallest absolute Gasteiger partial charge is 0.339 e. The molecule has 0 fully saturated rings. The highest BCUT2D eigenvalue weighted by Gasteiger charge is 2.09. The van der Waals surface area contributed by atoms with Gasteiger partial charge in [0.15, 0.2) is 0 Å². The SMILES string of the molecule is O=C(O)c1ccc(CCc2ccc(CCCO)cc2)cc1O. The van der Waals surface area contributed by atoms with Crippen molar-refractivity contribution in [2.75, 3.05) is 6.61 Å². The van der Waals surface area contributed by atoms with Crippen LogP contribution in [0.2, 0.25) is 0 Å². The fourth-order valence-electron chi connectivity index (χ4n) is 2.36. The van der Waals surface area contributed by atoms with Gasteiger partial charge in [-0.25, -0.2) is 4.79 Å². The molecular formula is C18H20O4. The van der Waals surface area contributed by atoms with Crippen molar-refractivity contribution >= 4 is 5.97 Å². The standard InChI is InChI=1S/C18H20O4/c19-11-1-2-13-3-5-14(6-4-13)7-8-15-9-10-16(18(21)22)17(20)12-15/h3-6,9-10,12,19-20H,1-2,7-8,11H2,(H,21,22). The van der Waals surface area contributed by atoms with Crippen molar-refractivity contribution in [3.05, 3.63) is 64.7 Å². The number of benzene rings is 2. The molecule has 0 aliphatic carbocycles. The van der Waals surface area contributed by atoms with Gasteiger partial charge in [0.1, 0.15) is 11.3 Å². The number of aliphatic hydroxyl groups is 1. The molecule has 0 spiro atoms. The monoisotopic (exact) mass is 300 g/mol. The van der Waals surface area contributed by atoms with Crippen LogP contribution in [0.25, 0.3) is 0 Å². The van der Waals surface area contributed by atoms with E-state index in [9.17, 15) is 9.90 Å². The van der Waals surface area contributed by atoms with E-state index in [-0.39, 0.29) is 17.9 Å². The van der Waals surface area contributed by atoms with Crippen LogP contribution in [0, 0.1) is 0 Å². The molecule has 0 saturated carbocycles. The minimum Gasteiger partial charge on any atom is -0.507 e. The average Bonchev–Trinajstić information content (AvgIpc) is 2.51. The molecule has 0 aliphatic heterocycles. The van der Waals surface area contributed by atoms with E-state index in [4.69, 9.17) is 10.2 Å². The molecule has 0 aliphatic rings. The summed E-state index contributed by atoms with van der Waals surface area (Å²) in [4.78, 5) is 10.8. The van der Waals surface area contributed by atoms with Gasteiger partial charge in [-0.05, 0) is 54.5 Å². The minimum absolute atomic E-state index is 0.0722. The maximum Gasteiger partial charge on any atom is 0.339 e. The zero-order chi connectivity index (χ0) is 15.9. The number of aliphatic hydroxyl groups excluding tert-OH is 1. The first-order valence-corrected chi connectivity index (χ1v) is 7.34. The van der Waals surface area contributed by atoms with Gasteiger partial charge in [-0.3, -0.25) is 0 Å². The molecule has 116 valence electrons. The lowest BCUT2D eigenvalue weighted by Gasteiger charge is -2.06. The van der Waals surface area contributed by atoms with Crippen LogP contribution in [-0.4, -0.2) is 27.9 Å². The maximum atomic E-state index is 10.8. The van der Waals surface area contributed by atoms with Crippen molar-refractivity contribution < 1.29 is 20.1 Å². The highest BCUT2D eigenvalue weighted by atomic mass is 16.4. The molecule has 2 rings (SSSR count). The highest BCUT2D eigenvalue weighted by molar-refractivity contribution is 5.90. The summed E-state index contributed by atoms with van der Waals surface area (Å²) in [7, 11) is 0. The van der Waals surface area contributed by atoms with Crippen LogP contribution < -0.4 is 0 Å². The third-order valence-corrected chi connectivity index (χ3v) is 3.64. The van der Waals surface area contributed by atoms with Crippen LogP contribution in [0.1, 0.15) is 33.5 Å². The van der Waals surface area contributed by atoms with Crippen molar-refractivity contribution in [3.63, 3.8) is 0 Å². The van der Waals surface area contributed by atoms with Gasteiger partial charge in [0.2, 0.25) is 0 Å². The Hall–Kier alpha value is -2.33. The summed E-state index contributed by atoms with van der Waals surface area (Å²) < 4.78 is 0. The number of aryl methyl sites for hydroxylation is 3. The first-order chi connectivity index (χ1) is 10.6. The normalized spacial score (nSPS) is 10.6. The lowest BCUT2D eigenvalue weighted by atomic mass is 10.0. The summed E-state index contributed by atoms with van der Waals surface area (Å²) in [5.41, 5.74) is 3.24. The van der Waals surface area contributed by atoms with Gasteiger partial charge in [0.05, 0.1) is 0 Å². The Kier molecular flexibility index (Phi) is 5.55. The van der Waals surface area contributed by atoms with Crippen LogP contribution in [0.3, 0.4) is 0 Å². The Labute approximate surface area is 129 Å². The lowest BCUT2D eigenvalue weighted by molar-refractivity contribution is 0.0693. The second-order valence-corrected chi connectivity index (χ2v) is 5.30. The van der Waals surface area contributed by atoms with E-state index in [1.165, 1.54) is 23.3 Å². The molecule has 0 radical (unpaired) electrons. The first-order valence-electron chi connectivity index (χ1n) is 7.34. The summed E-state index contributed by atoms with van der Waals surface area (Å²) in [6.07, 6.45) is 3.21. The van der Waals surface area contributed by atoms with Crippen molar-refractivity contribution in [1.82, 2.24) is 0 Å². The molecule has 0 aromatic heterocycles. The van der Waals surface area contributed by atoms with Gasteiger partial charge in [-0.1, -0.05) is 30.3 Å². The molecule has 0 unspecified atom stereocenters. The van der Waals surface area contributed by atoms with Crippen LogP contribution in [0.15, 0.2) is 42.5 Å². The third kappa shape index (κ3) is 4.33. The van der Waals surface area contributed by atoms with Gasteiger partial charge < -0.3 is 15.3 Å². The first kappa shape index (κ1) is 16.0. The number of carboxylic acids is 1. The van der Waals surface area contributed by atoms with Crippen molar-refractivity contribution in [2.45, 2.75) is 25.7 Å². The second kappa shape index (κ2) is 7.61. The van der Waals surface area contributed by atoms with E-state index in [2.05, 4.69) is 24.3 Å². The highest BCUT2D eigenvalue weighted by Crippen LogP contribution is 2.20. The second-order valence-electron chi connectivity index (χ2n) is 5.30. The van der Waals surface area contributed by atoms with Gasteiger partial charge in [0.25, 0.3) is 0 Å². The van der Waals surface area contributed by atoms with Crippen molar-refractivity contribution in [1.29, 1.82) is 0 Å². The predicted octanol–water partition coefficient (Wildman–Crippen LogP) is 2.80. The third-order valence-electron chi connectivity index (χ3n) is 3.64. The lowest BCUT2D eigenvalue weighted by Crippen LogP contribution is -1.98. The molecule has 22 heavy (non-hydrogen) atoms. The molecule has 3 N–H and O–H groups in total. The number of phenols is 1. The van der Waals surface area contributed by atoms with E-state index in [0.717, 1.165) is 31.2 Å². The van der Waals surface area contributed by atoms with Crippen LogP contribution in [0.5, 0.6) is 5.75 Å². The molecule has 4 heteroatoms. The number of hydrogen-bond acceptors (Lipinski definition) is 3. The predicted molar refractivity (Wildman–Crippen MR) is 84.3 cm³/mol. The number of hydrogen-bond donors (Lipinski definition) is 3. The number of carbonyl (C=O) groups is 1. The van der Waals surface area contributed by atoms with Gasteiger partial charge >= 0.3 is 5.97 Å². The summed E-state index contributed by atoms with van der Waals surface area (Å²) in [5, 5.41) is 27.4. The Bertz CT molecular complexity index is 632. The minimum atomic E-state index is -1.12. The maximum absolute atomic E-state index is 10.8. The molecule has 0 amide bonds. The number of rotatable bonds is 7. The Morgan fingerprint density at radius 3 is 1.95 bits per heavy atom. The van der Waals surface area contributed by atoms with Gasteiger partial charge in [-0.2, -0.15) is 0 Å². The fraction of sp³-hybridized carbons (Fsp3) is 0.278. The summed E-state index contributed by atoms with van der Waals surface area (Å²) >= 11 is 0.